The molecule has 0 spiro atoms. The maximum absolute atomic E-state index is 11.3. The number of aryl methyl sites for hydroxylation is 4. The van der Waals surface area contributed by atoms with Gasteiger partial charge in [-0.25, -0.2) is 8.42 Å². The number of para-hydroxylation sites is 1. The van der Waals surface area contributed by atoms with Crippen molar-refractivity contribution in [2.75, 3.05) is 23.0 Å². The monoisotopic (exact) mass is 775 g/mol. The number of hydrogen-bond donors (Lipinski definition) is 0. The highest BCUT2D eigenvalue weighted by Crippen LogP contribution is 2.48. The molecule has 0 amide bonds. The van der Waals surface area contributed by atoms with Crippen molar-refractivity contribution >= 4 is 56.6 Å². The molecule has 0 saturated carbocycles. The Kier molecular flexibility index (Phi) is 12.5. The minimum Gasteiger partial charge on any atom is -0.748 e. The Morgan fingerprint density at radius 1 is 0.722 bits per heavy atom. The SMILES string of the molecule is O=S(=O)([O-])CCc1cccc(CCN2C(=Cc3ccc4ccccc4[n+]3CCc3cccc(CCSOO[O-])c3)Sc3ccc(-c4ccccc4)cc32)c1. The van der Waals surface area contributed by atoms with Crippen LogP contribution in [-0.2, 0) is 51.7 Å². The molecule has 54 heavy (non-hydrogen) atoms. The third-order valence-electron chi connectivity index (χ3n) is 9.50. The summed E-state index contributed by atoms with van der Waals surface area (Å²) in [4.78, 5) is 3.58. The van der Waals surface area contributed by atoms with Crippen molar-refractivity contribution in [1.82, 2.24) is 0 Å². The predicted molar refractivity (Wildman–Crippen MR) is 214 cm³/mol. The zero-order chi connectivity index (χ0) is 37.3. The summed E-state index contributed by atoms with van der Waals surface area (Å²) < 4.78 is 40.8. The molecular weight excluding hydrogens is 737 g/mol. The van der Waals surface area contributed by atoms with E-state index in [-0.39, 0.29) is 6.42 Å². The second-order valence-electron chi connectivity index (χ2n) is 13.1. The molecular formula is C43H39N2O6S3-. The van der Waals surface area contributed by atoms with Crippen molar-refractivity contribution in [1.29, 1.82) is 0 Å². The maximum Gasteiger partial charge on any atom is 0.212 e. The predicted octanol–water partition coefficient (Wildman–Crippen LogP) is 7.69. The molecule has 0 aliphatic carbocycles. The topological polar surface area (TPSA) is 106 Å². The molecule has 0 unspecified atom stereocenters. The van der Waals surface area contributed by atoms with Crippen LogP contribution in [0.25, 0.3) is 28.1 Å². The molecule has 0 N–H and O–H groups in total. The van der Waals surface area contributed by atoms with Crippen LogP contribution in [0.1, 0.15) is 27.9 Å². The largest absolute Gasteiger partial charge is 0.748 e. The normalized spacial score (nSPS) is 13.5. The summed E-state index contributed by atoms with van der Waals surface area (Å²) in [5, 5.41) is 15.9. The summed E-state index contributed by atoms with van der Waals surface area (Å²) in [5.41, 5.74) is 10.0. The summed E-state index contributed by atoms with van der Waals surface area (Å²) in [5.74, 6) is 0.203. The van der Waals surface area contributed by atoms with Crippen LogP contribution in [0.2, 0.25) is 0 Å². The van der Waals surface area contributed by atoms with Crippen LogP contribution < -0.4 is 14.7 Å². The zero-order valence-corrected chi connectivity index (χ0v) is 32.0. The van der Waals surface area contributed by atoms with E-state index in [0.717, 1.165) is 82.0 Å². The number of hydrogen-bond acceptors (Lipinski definition) is 9. The van der Waals surface area contributed by atoms with Crippen LogP contribution in [0.3, 0.4) is 0 Å². The molecule has 1 aromatic heterocycles. The molecule has 276 valence electrons. The van der Waals surface area contributed by atoms with Gasteiger partial charge in [0, 0.05) is 65.0 Å². The minimum atomic E-state index is -4.29. The Morgan fingerprint density at radius 2 is 1.43 bits per heavy atom. The van der Waals surface area contributed by atoms with Gasteiger partial charge in [-0.15, -0.1) is 0 Å². The van der Waals surface area contributed by atoms with E-state index in [2.05, 4.69) is 134 Å². The highest BCUT2D eigenvalue weighted by molar-refractivity contribution is 8.03. The minimum absolute atomic E-state index is 0.200. The lowest BCUT2D eigenvalue weighted by Crippen LogP contribution is -2.39. The number of rotatable bonds is 16. The van der Waals surface area contributed by atoms with Gasteiger partial charge in [0.1, 0.15) is 0 Å². The van der Waals surface area contributed by atoms with Gasteiger partial charge < -0.3 is 14.7 Å². The first-order chi connectivity index (χ1) is 26.3. The molecule has 0 radical (unpaired) electrons. The van der Waals surface area contributed by atoms with Crippen molar-refractivity contribution in [3.63, 3.8) is 0 Å². The molecule has 5 aromatic carbocycles. The molecule has 8 nitrogen and oxygen atoms in total. The van der Waals surface area contributed by atoms with Gasteiger partial charge in [-0.05, 0) is 76.9 Å². The molecule has 0 atom stereocenters. The summed E-state index contributed by atoms with van der Waals surface area (Å²) in [6.45, 7) is 1.48. The Labute approximate surface area is 324 Å². The molecule has 1 aliphatic rings. The van der Waals surface area contributed by atoms with Gasteiger partial charge >= 0.3 is 0 Å². The molecule has 7 rings (SSSR count). The van der Waals surface area contributed by atoms with E-state index < -0.39 is 15.9 Å². The average Bonchev–Trinajstić information content (AvgIpc) is 3.53. The van der Waals surface area contributed by atoms with Crippen LogP contribution in [-0.4, -0.2) is 31.0 Å². The number of aromatic nitrogens is 1. The third kappa shape index (κ3) is 9.79. The van der Waals surface area contributed by atoms with Crippen molar-refractivity contribution in [3.8, 4) is 11.1 Å². The molecule has 11 heteroatoms. The zero-order valence-electron chi connectivity index (χ0n) is 29.5. The Hall–Kier alpha value is -4.46. The van der Waals surface area contributed by atoms with Gasteiger partial charge in [0.2, 0.25) is 11.2 Å². The second kappa shape index (κ2) is 17.8. The summed E-state index contributed by atoms with van der Waals surface area (Å²) >= 11 is 2.77. The number of anilines is 1. The lowest BCUT2D eigenvalue weighted by Gasteiger charge is -2.21. The number of fused-ring (bicyclic) bond motifs is 2. The Morgan fingerprint density at radius 3 is 2.19 bits per heavy atom. The van der Waals surface area contributed by atoms with Crippen molar-refractivity contribution in [2.45, 2.75) is 37.1 Å². The molecule has 0 fully saturated rings. The van der Waals surface area contributed by atoms with E-state index in [4.69, 9.17) is 0 Å². The first-order valence-corrected chi connectivity index (χ1v) is 21.1. The Balaban J connectivity index is 1.20. The lowest BCUT2D eigenvalue weighted by atomic mass is 10.0. The van der Waals surface area contributed by atoms with Crippen LogP contribution in [0.5, 0.6) is 0 Å². The Bertz CT molecular complexity index is 2370. The van der Waals surface area contributed by atoms with E-state index >= 15 is 0 Å². The van der Waals surface area contributed by atoms with Crippen LogP contribution >= 0.6 is 23.8 Å². The number of thioether (sulfide) groups is 1. The number of pyridine rings is 1. The number of benzene rings is 5. The van der Waals surface area contributed by atoms with E-state index in [1.165, 1.54) is 21.4 Å². The third-order valence-corrected chi connectivity index (χ3v) is 11.8. The summed E-state index contributed by atoms with van der Waals surface area (Å²) in [6.07, 6.45) is 4.81. The summed E-state index contributed by atoms with van der Waals surface area (Å²) in [6, 6.07) is 46.3. The smallest absolute Gasteiger partial charge is 0.212 e. The quantitative estimate of drug-likeness (QED) is 0.0244. The lowest BCUT2D eigenvalue weighted by molar-refractivity contribution is -0.777. The maximum atomic E-state index is 11.3. The van der Waals surface area contributed by atoms with E-state index in [1.807, 2.05) is 24.3 Å². The number of nitrogens with zero attached hydrogens (tertiary/aromatic N) is 2. The van der Waals surface area contributed by atoms with Crippen molar-refractivity contribution in [3.05, 3.63) is 166 Å². The van der Waals surface area contributed by atoms with Crippen molar-refractivity contribution in [2.24, 2.45) is 0 Å². The molecule has 6 aromatic rings. The van der Waals surface area contributed by atoms with Gasteiger partial charge in [-0.3, -0.25) is 5.04 Å². The first-order valence-electron chi connectivity index (χ1n) is 17.8. The fourth-order valence-electron chi connectivity index (χ4n) is 6.85. The van der Waals surface area contributed by atoms with Crippen molar-refractivity contribution < 1.29 is 32.2 Å². The molecule has 0 bridgehead atoms. The highest BCUT2D eigenvalue weighted by atomic mass is 32.2. The van der Waals surface area contributed by atoms with Gasteiger partial charge in [0.05, 0.1) is 20.8 Å². The summed E-state index contributed by atoms with van der Waals surface area (Å²) in [7, 11) is -4.29. The van der Waals surface area contributed by atoms with E-state index in [9.17, 15) is 18.2 Å². The first kappa shape index (κ1) is 37.8. The van der Waals surface area contributed by atoms with Gasteiger partial charge in [-0.1, -0.05) is 109 Å². The van der Waals surface area contributed by atoms with Crippen LogP contribution in [0, 0.1) is 0 Å². The van der Waals surface area contributed by atoms with Gasteiger partial charge in [-0.2, -0.15) is 8.90 Å². The van der Waals surface area contributed by atoms with E-state index in [0.29, 0.717) is 12.3 Å². The van der Waals surface area contributed by atoms with Gasteiger partial charge in [0.25, 0.3) is 0 Å². The highest BCUT2D eigenvalue weighted by Gasteiger charge is 2.27. The van der Waals surface area contributed by atoms with Crippen LogP contribution in [0.15, 0.2) is 143 Å². The standard InChI is InChI=1S/C43H40N2O6S3/c46-50-51-52-26-22-34-10-6-8-32(28-34)20-24-44-39(18-16-37-14-4-5-15-40(37)44)31-43-45(25-21-33-9-7-11-35(29-33)23-27-54(47,48)49)41-30-38(17-19-42(41)53-43)36-12-2-1-3-13-36/h1-19,28-31H,20-27H2,(H-,46,47,48,49)/p-1. The second-order valence-corrected chi connectivity index (χ2v) is 16.5. The fourth-order valence-corrected chi connectivity index (χ4v) is 8.88. The molecule has 0 saturated heterocycles. The van der Waals surface area contributed by atoms with E-state index in [1.54, 1.807) is 11.8 Å². The van der Waals surface area contributed by atoms with Crippen LogP contribution in [0.4, 0.5) is 5.69 Å². The fraction of sp³-hybridized carbons (Fsp3) is 0.186. The average molecular weight is 776 g/mol. The molecule has 2 heterocycles. The molecule has 1 aliphatic heterocycles. The van der Waals surface area contributed by atoms with Gasteiger partial charge in [0.15, 0.2) is 6.54 Å².